The number of hydrogen-bond acceptors (Lipinski definition) is 2. The summed E-state index contributed by atoms with van der Waals surface area (Å²) in [6.07, 6.45) is 0. The first-order valence-electron chi connectivity index (χ1n) is 4.34. The molecule has 0 aliphatic heterocycles. The van der Waals surface area contributed by atoms with Crippen LogP contribution in [0.3, 0.4) is 0 Å². The highest BCUT2D eigenvalue weighted by Crippen LogP contribution is 2.00. The highest BCUT2D eigenvalue weighted by molar-refractivity contribution is 5.98. The van der Waals surface area contributed by atoms with Crippen LogP contribution in [0.15, 0.2) is 35.3 Å². The van der Waals surface area contributed by atoms with E-state index in [0.29, 0.717) is 0 Å². The van der Waals surface area contributed by atoms with E-state index >= 15 is 0 Å². The van der Waals surface area contributed by atoms with Gasteiger partial charge in [0.2, 0.25) is 0 Å². The summed E-state index contributed by atoms with van der Waals surface area (Å²) in [5.41, 5.74) is 3.61. The summed E-state index contributed by atoms with van der Waals surface area (Å²) in [7, 11) is 0. The molecular weight excluding hydrogens is 162 g/mol. The largest absolute Gasteiger partial charge is 0.308 e. The average molecular weight is 177 g/mol. The Balaban J connectivity index is 2.91. The molecule has 0 radical (unpaired) electrons. The number of nitrogens with one attached hydrogen (secondary N) is 1. The van der Waals surface area contributed by atoms with Crippen molar-refractivity contribution in [3.63, 3.8) is 0 Å². The van der Waals surface area contributed by atoms with Crippen molar-refractivity contribution in [1.29, 1.82) is 0 Å². The number of benzene rings is 1. The van der Waals surface area contributed by atoms with E-state index in [0.717, 1.165) is 11.4 Å². The molecule has 0 saturated carbocycles. The first-order chi connectivity index (χ1) is 6.24. The molecule has 3 N–H and O–H groups in total. The molecule has 70 valence electrons. The minimum Gasteiger partial charge on any atom is -0.308 e. The van der Waals surface area contributed by atoms with Gasteiger partial charge in [0.05, 0.1) is 0 Å². The Labute approximate surface area is 78.6 Å². The average Bonchev–Trinajstić information content (AvgIpc) is 2.15. The molecule has 0 aliphatic carbocycles. The van der Waals surface area contributed by atoms with Gasteiger partial charge in [-0.2, -0.15) is 0 Å². The van der Waals surface area contributed by atoms with E-state index in [2.05, 4.69) is 10.4 Å². The Morgan fingerprint density at radius 2 is 1.92 bits per heavy atom. The third-order valence-electron chi connectivity index (χ3n) is 1.57. The molecule has 13 heavy (non-hydrogen) atoms. The summed E-state index contributed by atoms with van der Waals surface area (Å²) in [6.45, 7) is 4.03. The molecule has 3 nitrogen and oxygen atoms in total. The highest BCUT2D eigenvalue weighted by Gasteiger charge is 2.00. The van der Waals surface area contributed by atoms with E-state index < -0.39 is 0 Å². The van der Waals surface area contributed by atoms with Crippen molar-refractivity contribution < 1.29 is 0 Å². The van der Waals surface area contributed by atoms with Crippen molar-refractivity contribution in [2.24, 2.45) is 10.8 Å². The van der Waals surface area contributed by atoms with Gasteiger partial charge in [0.25, 0.3) is 0 Å². The molecule has 0 saturated heterocycles. The van der Waals surface area contributed by atoms with Crippen molar-refractivity contribution in [2.75, 3.05) is 0 Å². The van der Waals surface area contributed by atoms with E-state index in [-0.39, 0.29) is 6.04 Å². The lowest BCUT2D eigenvalue weighted by atomic mass is 10.2. The summed E-state index contributed by atoms with van der Waals surface area (Å²) in [6, 6.07) is 10.1. The number of hydrazine groups is 1. The molecule has 3 heteroatoms. The number of rotatable bonds is 2. The number of nitrogens with two attached hydrogens (primary N) is 1. The molecule has 0 spiro atoms. The topological polar surface area (TPSA) is 50.4 Å². The smallest absolute Gasteiger partial charge is 0.142 e. The fourth-order valence-electron chi connectivity index (χ4n) is 1.05. The number of aliphatic imine (C=N–C) groups is 1. The van der Waals surface area contributed by atoms with Crippen LogP contribution in [-0.2, 0) is 0 Å². The van der Waals surface area contributed by atoms with Crippen molar-refractivity contribution in [3.05, 3.63) is 35.9 Å². The van der Waals surface area contributed by atoms with Gasteiger partial charge < -0.3 is 5.43 Å². The van der Waals surface area contributed by atoms with Gasteiger partial charge in [-0.1, -0.05) is 30.3 Å². The molecule has 0 heterocycles. The molecule has 1 rings (SSSR count). The number of nitrogens with zero attached hydrogens (tertiary/aromatic N) is 1. The van der Waals surface area contributed by atoms with Crippen LogP contribution in [-0.4, -0.2) is 11.9 Å². The van der Waals surface area contributed by atoms with Crippen LogP contribution in [0.5, 0.6) is 0 Å². The van der Waals surface area contributed by atoms with Crippen LogP contribution in [0.2, 0.25) is 0 Å². The molecule has 1 aromatic carbocycles. The van der Waals surface area contributed by atoms with Crippen molar-refractivity contribution in [2.45, 2.75) is 19.9 Å². The predicted molar refractivity (Wildman–Crippen MR) is 55.4 cm³/mol. The minimum absolute atomic E-state index is 0.242. The lowest BCUT2D eigenvalue weighted by Gasteiger charge is -2.06. The second-order valence-electron chi connectivity index (χ2n) is 3.08. The highest BCUT2D eigenvalue weighted by atomic mass is 15.3. The van der Waals surface area contributed by atoms with Crippen molar-refractivity contribution in [1.82, 2.24) is 5.43 Å². The Morgan fingerprint density at radius 3 is 2.38 bits per heavy atom. The second-order valence-corrected chi connectivity index (χ2v) is 3.08. The molecule has 1 aromatic rings. The lowest BCUT2D eigenvalue weighted by Crippen LogP contribution is -2.31. The fraction of sp³-hybridized carbons (Fsp3) is 0.300. The lowest BCUT2D eigenvalue weighted by molar-refractivity contribution is 0.820. The van der Waals surface area contributed by atoms with Crippen LogP contribution in [0.1, 0.15) is 19.4 Å². The van der Waals surface area contributed by atoms with Gasteiger partial charge in [-0.15, -0.1) is 0 Å². The van der Waals surface area contributed by atoms with Gasteiger partial charge in [0.15, 0.2) is 0 Å². The van der Waals surface area contributed by atoms with E-state index in [1.165, 1.54) is 0 Å². The zero-order valence-electron chi connectivity index (χ0n) is 7.99. The zero-order chi connectivity index (χ0) is 9.68. The molecular formula is C10H15N3. The van der Waals surface area contributed by atoms with Crippen LogP contribution < -0.4 is 11.3 Å². The predicted octanol–water partition coefficient (Wildman–Crippen LogP) is 1.30. The monoisotopic (exact) mass is 177 g/mol. The Bertz CT molecular complexity index is 277. The molecule has 0 atom stereocenters. The van der Waals surface area contributed by atoms with Gasteiger partial charge >= 0.3 is 0 Å². The summed E-state index contributed by atoms with van der Waals surface area (Å²) >= 11 is 0. The maximum atomic E-state index is 5.37. The van der Waals surface area contributed by atoms with E-state index in [1.54, 1.807) is 0 Å². The third-order valence-corrected chi connectivity index (χ3v) is 1.57. The van der Waals surface area contributed by atoms with Crippen molar-refractivity contribution >= 4 is 5.84 Å². The molecule has 0 fully saturated rings. The quantitative estimate of drug-likeness (QED) is 0.310. The number of hydrogen-bond donors (Lipinski definition) is 2. The second kappa shape index (κ2) is 4.62. The molecule has 0 unspecified atom stereocenters. The van der Waals surface area contributed by atoms with Crippen LogP contribution in [0, 0.1) is 0 Å². The fourth-order valence-corrected chi connectivity index (χ4v) is 1.05. The third kappa shape index (κ3) is 2.87. The zero-order valence-corrected chi connectivity index (χ0v) is 7.99. The summed E-state index contributed by atoms with van der Waals surface area (Å²) in [5, 5.41) is 0. The Hall–Kier alpha value is -1.35. The standard InChI is InChI=1S/C10H15N3/c1-8(2)12-10(13-11)9-6-4-3-5-7-9/h3-8H,11H2,1-2H3,(H,12,13). The van der Waals surface area contributed by atoms with Crippen molar-refractivity contribution in [3.8, 4) is 0 Å². The SMILES string of the molecule is CC(C)N=C(NN)c1ccccc1. The normalized spacial score (nSPS) is 11.8. The van der Waals surface area contributed by atoms with Gasteiger partial charge in [-0.05, 0) is 13.8 Å². The summed E-state index contributed by atoms with van der Waals surface area (Å²) in [5.74, 6) is 6.10. The number of amidine groups is 1. The van der Waals surface area contributed by atoms with E-state index in [1.807, 2.05) is 44.2 Å². The van der Waals surface area contributed by atoms with E-state index in [4.69, 9.17) is 5.84 Å². The van der Waals surface area contributed by atoms with Gasteiger partial charge in [0.1, 0.15) is 5.84 Å². The Kier molecular flexibility index (Phi) is 3.46. The molecule has 0 aliphatic rings. The summed E-state index contributed by atoms with van der Waals surface area (Å²) in [4.78, 5) is 4.35. The van der Waals surface area contributed by atoms with E-state index in [9.17, 15) is 0 Å². The first kappa shape index (κ1) is 9.74. The molecule has 0 bridgehead atoms. The molecule has 0 aromatic heterocycles. The van der Waals surface area contributed by atoms with Gasteiger partial charge in [-0.3, -0.25) is 4.99 Å². The minimum atomic E-state index is 0.242. The van der Waals surface area contributed by atoms with Crippen LogP contribution in [0.4, 0.5) is 0 Å². The van der Waals surface area contributed by atoms with Crippen LogP contribution in [0.25, 0.3) is 0 Å². The van der Waals surface area contributed by atoms with Crippen LogP contribution >= 0.6 is 0 Å². The van der Waals surface area contributed by atoms with Gasteiger partial charge in [0, 0.05) is 11.6 Å². The maximum absolute atomic E-state index is 5.37. The first-order valence-corrected chi connectivity index (χ1v) is 4.34. The van der Waals surface area contributed by atoms with Gasteiger partial charge in [-0.25, -0.2) is 5.84 Å². The maximum Gasteiger partial charge on any atom is 0.142 e. The molecule has 0 amide bonds. The Morgan fingerprint density at radius 1 is 1.31 bits per heavy atom. The summed E-state index contributed by atoms with van der Waals surface area (Å²) < 4.78 is 0.